The second kappa shape index (κ2) is 11.7. The lowest BCUT2D eigenvalue weighted by atomic mass is 10.1. The van der Waals surface area contributed by atoms with Gasteiger partial charge in [0, 0.05) is 13.1 Å². The predicted molar refractivity (Wildman–Crippen MR) is 133 cm³/mol. The van der Waals surface area contributed by atoms with E-state index < -0.39 is 6.04 Å². The molecule has 174 valence electrons. The highest BCUT2D eigenvalue weighted by Crippen LogP contribution is 2.33. The van der Waals surface area contributed by atoms with Crippen LogP contribution in [0.1, 0.15) is 25.8 Å². The first kappa shape index (κ1) is 24.6. The summed E-state index contributed by atoms with van der Waals surface area (Å²) in [5.41, 5.74) is 0.902. The Hall–Kier alpha value is -3.06. The zero-order valence-corrected chi connectivity index (χ0v) is 20.7. The van der Waals surface area contributed by atoms with Crippen LogP contribution in [0.15, 0.2) is 65.1 Å². The van der Waals surface area contributed by atoms with Gasteiger partial charge in [0.15, 0.2) is 6.61 Å². The van der Waals surface area contributed by atoms with E-state index in [1.807, 2.05) is 74.5 Å². The van der Waals surface area contributed by atoms with Gasteiger partial charge in [0.05, 0.1) is 11.6 Å². The Morgan fingerprint density at radius 3 is 2.42 bits per heavy atom. The first-order valence-corrected chi connectivity index (χ1v) is 11.8. The van der Waals surface area contributed by atoms with Crippen molar-refractivity contribution >= 4 is 38.5 Å². The maximum absolute atomic E-state index is 13.3. The van der Waals surface area contributed by atoms with Gasteiger partial charge in [0.2, 0.25) is 5.91 Å². The Bertz CT molecular complexity index is 1100. The van der Waals surface area contributed by atoms with Gasteiger partial charge in [0.1, 0.15) is 17.5 Å². The molecule has 1 atom stereocenters. The maximum atomic E-state index is 13.3. The van der Waals surface area contributed by atoms with Crippen molar-refractivity contribution in [2.45, 2.75) is 32.9 Å². The molecule has 0 spiro atoms. The SMILES string of the molecule is CCNC(=O)C(CC)N(Cc1ccc(OC)cc1)C(=O)COc1ccc2ccccc2c1Br. The summed E-state index contributed by atoms with van der Waals surface area (Å²) in [5, 5.41) is 4.92. The first-order chi connectivity index (χ1) is 16.0. The molecule has 1 unspecified atom stereocenters. The number of hydrogen-bond acceptors (Lipinski definition) is 4. The van der Waals surface area contributed by atoms with Crippen molar-refractivity contribution < 1.29 is 19.1 Å². The lowest BCUT2D eigenvalue weighted by Gasteiger charge is -2.30. The summed E-state index contributed by atoms with van der Waals surface area (Å²) in [6, 6.07) is 18.6. The van der Waals surface area contributed by atoms with Gasteiger partial charge in [0.25, 0.3) is 5.91 Å². The van der Waals surface area contributed by atoms with Crippen LogP contribution < -0.4 is 14.8 Å². The largest absolute Gasteiger partial charge is 0.497 e. The number of likely N-dealkylation sites (N-methyl/N-ethyl adjacent to an activating group) is 1. The topological polar surface area (TPSA) is 67.9 Å². The van der Waals surface area contributed by atoms with E-state index >= 15 is 0 Å². The number of nitrogens with one attached hydrogen (secondary N) is 1. The van der Waals surface area contributed by atoms with E-state index in [9.17, 15) is 9.59 Å². The summed E-state index contributed by atoms with van der Waals surface area (Å²) < 4.78 is 11.9. The van der Waals surface area contributed by atoms with Crippen LogP contribution in [-0.4, -0.2) is 43.0 Å². The highest BCUT2D eigenvalue weighted by atomic mass is 79.9. The number of carbonyl (C=O) groups excluding carboxylic acids is 2. The smallest absolute Gasteiger partial charge is 0.261 e. The third-order valence-corrected chi connectivity index (χ3v) is 6.25. The van der Waals surface area contributed by atoms with Crippen LogP contribution in [0.5, 0.6) is 11.5 Å². The third kappa shape index (κ3) is 6.05. The van der Waals surface area contributed by atoms with Gasteiger partial charge in [-0.3, -0.25) is 9.59 Å². The summed E-state index contributed by atoms with van der Waals surface area (Å²) in [7, 11) is 1.61. The van der Waals surface area contributed by atoms with Crippen LogP contribution >= 0.6 is 15.9 Å². The summed E-state index contributed by atoms with van der Waals surface area (Å²) >= 11 is 3.60. The molecule has 2 amide bonds. The van der Waals surface area contributed by atoms with E-state index in [1.54, 1.807) is 12.0 Å². The molecule has 0 saturated carbocycles. The van der Waals surface area contributed by atoms with Gasteiger partial charge < -0.3 is 19.7 Å². The fraction of sp³-hybridized carbons (Fsp3) is 0.308. The number of ether oxygens (including phenoxy) is 2. The van der Waals surface area contributed by atoms with Crippen LogP contribution in [0, 0.1) is 0 Å². The minimum absolute atomic E-state index is 0.172. The predicted octanol–water partition coefficient (Wildman–Crippen LogP) is 4.93. The molecule has 3 rings (SSSR count). The molecule has 33 heavy (non-hydrogen) atoms. The summed E-state index contributed by atoms with van der Waals surface area (Å²) in [6.07, 6.45) is 0.493. The van der Waals surface area contributed by atoms with Crippen molar-refractivity contribution in [1.29, 1.82) is 0 Å². The zero-order chi connectivity index (χ0) is 23.8. The monoisotopic (exact) mass is 512 g/mol. The van der Waals surface area contributed by atoms with Crippen molar-refractivity contribution in [3.05, 3.63) is 70.7 Å². The first-order valence-electron chi connectivity index (χ1n) is 11.0. The number of hydrogen-bond donors (Lipinski definition) is 1. The summed E-state index contributed by atoms with van der Waals surface area (Å²) in [5.74, 6) is 0.882. The highest BCUT2D eigenvalue weighted by molar-refractivity contribution is 9.10. The standard InChI is InChI=1S/C26H29BrN2O4/c1-4-22(26(31)28-5-2)29(16-18-10-13-20(32-3)14-11-18)24(30)17-33-23-15-12-19-8-6-7-9-21(19)25(23)27/h6-15,22H,4-5,16-17H2,1-3H3,(H,28,31). The average molecular weight is 513 g/mol. The fourth-order valence-corrected chi connectivity index (χ4v) is 4.29. The number of amides is 2. The van der Waals surface area contributed by atoms with E-state index in [1.165, 1.54) is 0 Å². The van der Waals surface area contributed by atoms with Crippen molar-refractivity contribution in [3.63, 3.8) is 0 Å². The van der Waals surface area contributed by atoms with Gasteiger partial charge in [-0.05, 0) is 63.8 Å². The van der Waals surface area contributed by atoms with Crippen molar-refractivity contribution in [2.24, 2.45) is 0 Å². The Morgan fingerprint density at radius 2 is 1.76 bits per heavy atom. The number of rotatable bonds is 10. The molecule has 0 aliphatic carbocycles. The van der Waals surface area contributed by atoms with Gasteiger partial charge in [-0.1, -0.05) is 49.4 Å². The van der Waals surface area contributed by atoms with Crippen molar-refractivity contribution in [1.82, 2.24) is 10.2 Å². The molecular formula is C26H29BrN2O4. The number of fused-ring (bicyclic) bond motifs is 1. The molecule has 0 heterocycles. The molecule has 0 aliphatic rings. The Balaban J connectivity index is 1.81. The second-order valence-electron chi connectivity index (χ2n) is 7.58. The molecule has 3 aromatic rings. The molecule has 1 N–H and O–H groups in total. The van der Waals surface area contributed by atoms with Crippen LogP contribution in [0.4, 0.5) is 0 Å². The zero-order valence-electron chi connectivity index (χ0n) is 19.1. The Labute approximate surface area is 203 Å². The number of nitrogens with zero attached hydrogens (tertiary/aromatic N) is 1. The lowest BCUT2D eigenvalue weighted by molar-refractivity contribution is -0.142. The third-order valence-electron chi connectivity index (χ3n) is 5.43. The Morgan fingerprint density at radius 1 is 1.03 bits per heavy atom. The van der Waals surface area contributed by atoms with E-state index in [4.69, 9.17) is 9.47 Å². The minimum Gasteiger partial charge on any atom is -0.497 e. The van der Waals surface area contributed by atoms with E-state index in [-0.39, 0.29) is 18.4 Å². The molecule has 0 saturated heterocycles. The molecule has 3 aromatic carbocycles. The maximum Gasteiger partial charge on any atom is 0.261 e. The molecule has 0 aromatic heterocycles. The minimum atomic E-state index is -0.594. The number of benzene rings is 3. The van der Waals surface area contributed by atoms with Crippen LogP contribution in [0.3, 0.4) is 0 Å². The van der Waals surface area contributed by atoms with Crippen LogP contribution in [0.25, 0.3) is 10.8 Å². The summed E-state index contributed by atoms with van der Waals surface area (Å²) in [4.78, 5) is 27.6. The molecule has 0 bridgehead atoms. The highest BCUT2D eigenvalue weighted by Gasteiger charge is 2.28. The quantitative estimate of drug-likeness (QED) is 0.418. The van der Waals surface area contributed by atoms with Crippen LogP contribution in [-0.2, 0) is 16.1 Å². The van der Waals surface area contributed by atoms with Crippen molar-refractivity contribution in [2.75, 3.05) is 20.3 Å². The van der Waals surface area contributed by atoms with Gasteiger partial charge in [-0.15, -0.1) is 0 Å². The molecule has 7 heteroatoms. The molecule has 0 aliphatic heterocycles. The fourth-order valence-electron chi connectivity index (χ4n) is 3.69. The molecular weight excluding hydrogens is 484 g/mol. The molecule has 6 nitrogen and oxygen atoms in total. The van der Waals surface area contributed by atoms with E-state index in [2.05, 4.69) is 21.2 Å². The Kier molecular flexibility index (Phi) is 8.72. The van der Waals surface area contributed by atoms with E-state index in [0.29, 0.717) is 25.3 Å². The van der Waals surface area contributed by atoms with Gasteiger partial charge in [-0.2, -0.15) is 0 Å². The average Bonchev–Trinajstić information content (AvgIpc) is 2.84. The number of carbonyl (C=O) groups is 2. The summed E-state index contributed by atoms with van der Waals surface area (Å²) in [6.45, 7) is 4.37. The molecule has 0 fully saturated rings. The molecule has 0 radical (unpaired) electrons. The second-order valence-corrected chi connectivity index (χ2v) is 8.37. The van der Waals surface area contributed by atoms with Crippen LogP contribution in [0.2, 0.25) is 0 Å². The van der Waals surface area contributed by atoms with Gasteiger partial charge in [-0.25, -0.2) is 0 Å². The lowest BCUT2D eigenvalue weighted by Crippen LogP contribution is -2.50. The number of halogens is 1. The van der Waals surface area contributed by atoms with Gasteiger partial charge >= 0.3 is 0 Å². The van der Waals surface area contributed by atoms with Crippen molar-refractivity contribution in [3.8, 4) is 11.5 Å². The normalized spacial score (nSPS) is 11.6. The number of methoxy groups -OCH3 is 1. The van der Waals surface area contributed by atoms with E-state index in [0.717, 1.165) is 26.6 Å².